The van der Waals surface area contributed by atoms with Crippen LogP contribution in [0.15, 0.2) is 36.4 Å². The standard InChI is InChI=1S/C19H20F2N2O3/c1-12(19(24)22-16-5-4-14(20)10-15(16)21)23(2)11-13-3-6-17-18(9-13)26-8-7-25-17/h3-6,9-10,12H,7-8,11H2,1-2H3,(H,22,24)/t12-/m0/s1. The number of likely N-dealkylation sites (N-methyl/N-ethyl adjacent to an activating group) is 1. The van der Waals surface area contributed by atoms with Gasteiger partial charge >= 0.3 is 0 Å². The first-order valence-corrected chi connectivity index (χ1v) is 8.28. The minimum absolute atomic E-state index is 0.0454. The molecule has 1 aliphatic heterocycles. The van der Waals surface area contributed by atoms with Gasteiger partial charge in [0.25, 0.3) is 0 Å². The van der Waals surface area contributed by atoms with Gasteiger partial charge in [-0.2, -0.15) is 0 Å². The van der Waals surface area contributed by atoms with E-state index in [2.05, 4.69) is 5.32 Å². The summed E-state index contributed by atoms with van der Waals surface area (Å²) < 4.78 is 37.7. The summed E-state index contributed by atoms with van der Waals surface area (Å²) in [5.74, 6) is -0.479. The first kappa shape index (κ1) is 18.1. The third kappa shape index (κ3) is 4.11. The van der Waals surface area contributed by atoms with E-state index in [1.807, 2.05) is 23.1 Å². The summed E-state index contributed by atoms with van der Waals surface area (Å²) in [6.07, 6.45) is 0. The summed E-state index contributed by atoms with van der Waals surface area (Å²) in [6.45, 7) is 3.25. The molecule has 1 amide bonds. The number of ether oxygens (including phenoxy) is 2. The molecule has 26 heavy (non-hydrogen) atoms. The van der Waals surface area contributed by atoms with Crippen LogP contribution in [0.25, 0.3) is 0 Å². The molecule has 1 atom stereocenters. The smallest absolute Gasteiger partial charge is 0.241 e. The predicted molar refractivity (Wildman–Crippen MR) is 93.3 cm³/mol. The van der Waals surface area contributed by atoms with Crippen LogP contribution in [0.4, 0.5) is 14.5 Å². The fraction of sp³-hybridized carbons (Fsp3) is 0.316. The summed E-state index contributed by atoms with van der Waals surface area (Å²) in [7, 11) is 1.79. The summed E-state index contributed by atoms with van der Waals surface area (Å²) in [4.78, 5) is 14.2. The van der Waals surface area contributed by atoms with E-state index in [4.69, 9.17) is 9.47 Å². The molecule has 0 saturated heterocycles. The average Bonchev–Trinajstić information content (AvgIpc) is 2.63. The van der Waals surface area contributed by atoms with Gasteiger partial charge in [-0.25, -0.2) is 8.78 Å². The molecule has 0 spiro atoms. The Morgan fingerprint density at radius 1 is 1.15 bits per heavy atom. The lowest BCUT2D eigenvalue weighted by Gasteiger charge is -2.25. The Kier molecular flexibility index (Phi) is 5.37. The fourth-order valence-corrected chi connectivity index (χ4v) is 2.64. The van der Waals surface area contributed by atoms with Crippen molar-refractivity contribution in [1.29, 1.82) is 0 Å². The van der Waals surface area contributed by atoms with Crippen LogP contribution in [0.5, 0.6) is 11.5 Å². The van der Waals surface area contributed by atoms with Crippen LogP contribution >= 0.6 is 0 Å². The quantitative estimate of drug-likeness (QED) is 0.888. The lowest BCUT2D eigenvalue weighted by molar-refractivity contribution is -0.120. The Balaban J connectivity index is 1.63. The maximum absolute atomic E-state index is 13.7. The van der Waals surface area contributed by atoms with Crippen LogP contribution in [0.3, 0.4) is 0 Å². The predicted octanol–water partition coefficient (Wildman–Crippen LogP) is 3.20. The molecule has 1 heterocycles. The van der Waals surface area contributed by atoms with Crippen molar-refractivity contribution in [2.24, 2.45) is 0 Å². The topological polar surface area (TPSA) is 50.8 Å². The average molecular weight is 362 g/mol. The van der Waals surface area contributed by atoms with E-state index < -0.39 is 17.7 Å². The van der Waals surface area contributed by atoms with Gasteiger partial charge in [0.05, 0.1) is 11.7 Å². The van der Waals surface area contributed by atoms with E-state index >= 15 is 0 Å². The number of rotatable bonds is 5. The molecular formula is C19H20F2N2O3. The monoisotopic (exact) mass is 362 g/mol. The van der Waals surface area contributed by atoms with Crippen LogP contribution < -0.4 is 14.8 Å². The zero-order valence-electron chi connectivity index (χ0n) is 14.6. The lowest BCUT2D eigenvalue weighted by Crippen LogP contribution is -2.39. The molecule has 1 aliphatic rings. The van der Waals surface area contributed by atoms with Crippen LogP contribution in [0.2, 0.25) is 0 Å². The molecule has 0 saturated carbocycles. The largest absolute Gasteiger partial charge is 0.486 e. The molecule has 138 valence electrons. The number of nitrogens with one attached hydrogen (secondary N) is 1. The van der Waals surface area contributed by atoms with E-state index in [1.54, 1.807) is 14.0 Å². The Bertz CT molecular complexity index is 813. The van der Waals surface area contributed by atoms with Gasteiger partial charge in [0.15, 0.2) is 11.5 Å². The maximum atomic E-state index is 13.7. The number of amides is 1. The second-order valence-corrected chi connectivity index (χ2v) is 6.18. The van der Waals surface area contributed by atoms with Gasteiger partial charge in [0.2, 0.25) is 5.91 Å². The number of nitrogens with zero attached hydrogens (tertiary/aromatic N) is 1. The van der Waals surface area contributed by atoms with Crippen LogP contribution in [0.1, 0.15) is 12.5 Å². The maximum Gasteiger partial charge on any atom is 0.241 e. The number of halogens is 2. The van der Waals surface area contributed by atoms with Crippen molar-refractivity contribution < 1.29 is 23.0 Å². The number of benzene rings is 2. The van der Waals surface area contributed by atoms with Crippen molar-refractivity contribution in [3.05, 3.63) is 53.6 Å². The molecular weight excluding hydrogens is 342 g/mol. The highest BCUT2D eigenvalue weighted by Crippen LogP contribution is 2.31. The van der Waals surface area contributed by atoms with E-state index in [0.717, 1.165) is 17.7 Å². The molecule has 5 nitrogen and oxygen atoms in total. The highest BCUT2D eigenvalue weighted by molar-refractivity contribution is 5.94. The molecule has 7 heteroatoms. The Hall–Kier alpha value is -2.67. The van der Waals surface area contributed by atoms with Crippen molar-refractivity contribution in [3.63, 3.8) is 0 Å². The molecule has 0 unspecified atom stereocenters. The Labute approximate surface area is 150 Å². The second-order valence-electron chi connectivity index (χ2n) is 6.18. The highest BCUT2D eigenvalue weighted by atomic mass is 19.1. The van der Waals surface area contributed by atoms with Crippen molar-refractivity contribution in [1.82, 2.24) is 4.90 Å². The summed E-state index contributed by atoms with van der Waals surface area (Å²) >= 11 is 0. The first-order chi connectivity index (χ1) is 12.4. The van der Waals surface area contributed by atoms with Gasteiger partial charge in [-0.15, -0.1) is 0 Å². The van der Waals surface area contributed by atoms with E-state index in [9.17, 15) is 13.6 Å². The summed E-state index contributed by atoms with van der Waals surface area (Å²) in [6, 6.07) is 8.16. The van der Waals surface area contributed by atoms with Crippen molar-refractivity contribution in [2.75, 3.05) is 25.6 Å². The third-order valence-electron chi connectivity index (χ3n) is 4.27. The highest BCUT2D eigenvalue weighted by Gasteiger charge is 2.20. The number of hydrogen-bond donors (Lipinski definition) is 1. The second kappa shape index (κ2) is 7.70. The molecule has 0 bridgehead atoms. The van der Waals surface area contributed by atoms with Crippen LogP contribution in [-0.4, -0.2) is 37.1 Å². The number of carbonyl (C=O) groups excluding carboxylic acids is 1. The normalized spacial score (nSPS) is 14.2. The number of fused-ring (bicyclic) bond motifs is 1. The van der Waals surface area contributed by atoms with Crippen molar-refractivity contribution >= 4 is 11.6 Å². The first-order valence-electron chi connectivity index (χ1n) is 8.28. The Morgan fingerprint density at radius 2 is 1.88 bits per heavy atom. The van der Waals surface area contributed by atoms with E-state index in [0.29, 0.717) is 31.3 Å². The zero-order chi connectivity index (χ0) is 18.7. The molecule has 0 aliphatic carbocycles. The van der Waals surface area contributed by atoms with E-state index in [-0.39, 0.29) is 11.6 Å². The van der Waals surface area contributed by atoms with Crippen LogP contribution in [-0.2, 0) is 11.3 Å². The third-order valence-corrected chi connectivity index (χ3v) is 4.27. The number of carbonyl (C=O) groups is 1. The van der Waals surface area contributed by atoms with Crippen molar-refractivity contribution in [2.45, 2.75) is 19.5 Å². The SMILES string of the molecule is C[C@@H](C(=O)Nc1ccc(F)cc1F)N(C)Cc1ccc2c(c1)OCCO2. The van der Waals surface area contributed by atoms with Gasteiger partial charge in [0, 0.05) is 12.6 Å². The summed E-state index contributed by atoms with van der Waals surface area (Å²) in [5, 5.41) is 2.49. The molecule has 2 aromatic rings. The molecule has 1 N–H and O–H groups in total. The fourth-order valence-electron chi connectivity index (χ4n) is 2.64. The molecule has 0 aromatic heterocycles. The van der Waals surface area contributed by atoms with Gasteiger partial charge < -0.3 is 14.8 Å². The molecule has 2 aromatic carbocycles. The molecule has 0 fully saturated rings. The minimum Gasteiger partial charge on any atom is -0.486 e. The van der Waals surface area contributed by atoms with Gasteiger partial charge in [-0.3, -0.25) is 9.69 Å². The molecule has 3 rings (SSSR count). The molecule has 0 radical (unpaired) electrons. The van der Waals surface area contributed by atoms with Crippen molar-refractivity contribution in [3.8, 4) is 11.5 Å². The van der Waals surface area contributed by atoms with E-state index in [1.165, 1.54) is 6.07 Å². The van der Waals surface area contributed by atoms with Crippen LogP contribution in [0, 0.1) is 11.6 Å². The number of hydrogen-bond acceptors (Lipinski definition) is 4. The van der Waals surface area contributed by atoms with Gasteiger partial charge in [0.1, 0.15) is 24.8 Å². The minimum atomic E-state index is -0.806. The lowest BCUT2D eigenvalue weighted by atomic mass is 10.1. The van der Waals surface area contributed by atoms with Gasteiger partial charge in [-0.1, -0.05) is 6.07 Å². The van der Waals surface area contributed by atoms with Gasteiger partial charge in [-0.05, 0) is 43.8 Å². The summed E-state index contributed by atoms with van der Waals surface area (Å²) in [5.41, 5.74) is 0.917. The number of anilines is 1. The zero-order valence-corrected chi connectivity index (χ0v) is 14.6. The Morgan fingerprint density at radius 3 is 2.62 bits per heavy atom.